The van der Waals surface area contributed by atoms with Gasteiger partial charge < -0.3 is 9.73 Å². The van der Waals surface area contributed by atoms with Crippen LogP contribution in [0.15, 0.2) is 41.0 Å². The number of hydrogen-bond donors (Lipinski definition) is 1. The first-order valence-corrected chi connectivity index (χ1v) is 6.77. The van der Waals surface area contributed by atoms with E-state index >= 15 is 0 Å². The van der Waals surface area contributed by atoms with E-state index in [0.29, 0.717) is 11.9 Å². The highest BCUT2D eigenvalue weighted by Crippen LogP contribution is 2.19. The Morgan fingerprint density at radius 1 is 1.35 bits per heavy atom. The van der Waals surface area contributed by atoms with E-state index in [0.717, 1.165) is 37.4 Å². The second-order valence-corrected chi connectivity index (χ2v) is 5.03. The molecule has 2 heterocycles. The Kier molecular flexibility index (Phi) is 5.17. The predicted octanol–water partition coefficient (Wildman–Crippen LogP) is 2.56. The Morgan fingerprint density at radius 3 is 2.90 bits per heavy atom. The van der Waals surface area contributed by atoms with Gasteiger partial charge in [0.2, 0.25) is 5.89 Å². The molecule has 1 fully saturated rings. The van der Waals surface area contributed by atoms with Crippen LogP contribution in [0.25, 0.3) is 11.5 Å². The molecule has 5 heteroatoms. The summed E-state index contributed by atoms with van der Waals surface area (Å²) >= 11 is 0. The van der Waals surface area contributed by atoms with Crippen molar-refractivity contribution in [3.8, 4) is 11.5 Å². The molecule has 1 atom stereocenters. The fourth-order valence-corrected chi connectivity index (χ4v) is 2.42. The number of nitrogens with zero attached hydrogens (tertiary/aromatic N) is 2. The lowest BCUT2D eigenvalue weighted by atomic mass is 10.2. The van der Waals surface area contributed by atoms with E-state index < -0.39 is 0 Å². The number of nitrogens with one attached hydrogen (secondary N) is 1. The van der Waals surface area contributed by atoms with Gasteiger partial charge in [0, 0.05) is 37.8 Å². The molecule has 1 aliphatic heterocycles. The quantitative estimate of drug-likeness (QED) is 0.944. The van der Waals surface area contributed by atoms with Gasteiger partial charge in [-0.2, -0.15) is 0 Å². The molecule has 0 radical (unpaired) electrons. The van der Waals surface area contributed by atoms with Crippen LogP contribution < -0.4 is 5.32 Å². The van der Waals surface area contributed by atoms with E-state index in [1.54, 1.807) is 6.26 Å². The third-order valence-corrected chi connectivity index (χ3v) is 3.58. The fourth-order valence-electron chi connectivity index (χ4n) is 2.42. The van der Waals surface area contributed by atoms with Gasteiger partial charge in [0.25, 0.3) is 0 Å². The normalized spacial score (nSPS) is 19.6. The molecule has 3 rings (SSSR count). The molecule has 1 unspecified atom stereocenters. The Morgan fingerprint density at radius 2 is 2.15 bits per heavy atom. The first kappa shape index (κ1) is 15.0. The Labute approximate surface area is 125 Å². The van der Waals surface area contributed by atoms with Crippen LogP contribution in [0.1, 0.15) is 12.6 Å². The molecule has 0 spiro atoms. The molecule has 108 valence electrons. The number of piperazine rings is 1. The summed E-state index contributed by atoms with van der Waals surface area (Å²) in [5.74, 6) is 0.707. The maximum Gasteiger partial charge on any atom is 0.226 e. The Balaban J connectivity index is 0.00000147. The first-order valence-electron chi connectivity index (χ1n) is 6.77. The van der Waals surface area contributed by atoms with Crippen molar-refractivity contribution < 1.29 is 4.42 Å². The second kappa shape index (κ2) is 6.88. The smallest absolute Gasteiger partial charge is 0.226 e. The van der Waals surface area contributed by atoms with Crippen LogP contribution in [0.5, 0.6) is 0 Å². The molecule has 4 nitrogen and oxygen atoms in total. The zero-order valence-corrected chi connectivity index (χ0v) is 12.4. The van der Waals surface area contributed by atoms with Gasteiger partial charge in [-0.25, -0.2) is 4.98 Å². The molecule has 0 amide bonds. The maximum absolute atomic E-state index is 5.57. The monoisotopic (exact) mass is 293 g/mol. The number of halogens is 1. The lowest BCUT2D eigenvalue weighted by Crippen LogP contribution is -2.49. The van der Waals surface area contributed by atoms with Crippen LogP contribution in [0.2, 0.25) is 0 Å². The van der Waals surface area contributed by atoms with Crippen LogP contribution in [0, 0.1) is 0 Å². The van der Waals surface area contributed by atoms with Crippen molar-refractivity contribution in [2.75, 3.05) is 19.6 Å². The third kappa shape index (κ3) is 3.39. The predicted molar refractivity (Wildman–Crippen MR) is 81.9 cm³/mol. The molecular formula is C15H20ClN3O. The van der Waals surface area contributed by atoms with Gasteiger partial charge in [0.15, 0.2) is 0 Å². The van der Waals surface area contributed by atoms with E-state index in [2.05, 4.69) is 22.1 Å². The van der Waals surface area contributed by atoms with Crippen molar-refractivity contribution >= 4 is 12.4 Å². The summed E-state index contributed by atoms with van der Waals surface area (Å²) in [5.41, 5.74) is 2.04. The van der Waals surface area contributed by atoms with Crippen molar-refractivity contribution in [1.82, 2.24) is 15.2 Å². The number of benzene rings is 1. The minimum absolute atomic E-state index is 0. The van der Waals surface area contributed by atoms with E-state index in [9.17, 15) is 0 Å². The third-order valence-electron chi connectivity index (χ3n) is 3.58. The van der Waals surface area contributed by atoms with E-state index in [1.165, 1.54) is 0 Å². The zero-order chi connectivity index (χ0) is 13.1. The summed E-state index contributed by atoms with van der Waals surface area (Å²) in [4.78, 5) is 7.01. The van der Waals surface area contributed by atoms with Gasteiger partial charge in [-0.1, -0.05) is 18.2 Å². The van der Waals surface area contributed by atoms with Crippen LogP contribution in [0.4, 0.5) is 0 Å². The standard InChI is InChI=1S/C15H19N3O.ClH/c1-12-9-16-7-8-18(12)10-14-11-19-15(17-14)13-5-3-2-4-6-13;/h2-6,11-12,16H,7-10H2,1H3;1H. The van der Waals surface area contributed by atoms with Gasteiger partial charge in [0.05, 0.1) is 5.69 Å². The average molecular weight is 294 g/mol. The largest absolute Gasteiger partial charge is 0.444 e. The van der Waals surface area contributed by atoms with Crippen molar-refractivity contribution in [2.24, 2.45) is 0 Å². The van der Waals surface area contributed by atoms with Crippen molar-refractivity contribution in [3.05, 3.63) is 42.3 Å². The summed E-state index contributed by atoms with van der Waals surface area (Å²) in [6.07, 6.45) is 1.77. The summed E-state index contributed by atoms with van der Waals surface area (Å²) < 4.78 is 5.57. The van der Waals surface area contributed by atoms with E-state index in [1.807, 2.05) is 30.3 Å². The van der Waals surface area contributed by atoms with Crippen molar-refractivity contribution in [2.45, 2.75) is 19.5 Å². The average Bonchev–Trinajstić information content (AvgIpc) is 2.91. The maximum atomic E-state index is 5.57. The molecule has 1 aliphatic rings. The van der Waals surface area contributed by atoms with Gasteiger partial charge >= 0.3 is 0 Å². The summed E-state index contributed by atoms with van der Waals surface area (Å²) in [5, 5.41) is 3.40. The number of hydrogen-bond acceptors (Lipinski definition) is 4. The minimum atomic E-state index is 0. The molecule has 2 aromatic rings. The molecule has 0 saturated carbocycles. The first-order chi connectivity index (χ1) is 9.33. The molecule has 0 aliphatic carbocycles. The summed E-state index contributed by atoms with van der Waals surface area (Å²) in [6, 6.07) is 10.6. The number of rotatable bonds is 3. The lowest BCUT2D eigenvalue weighted by Gasteiger charge is -2.33. The SMILES string of the molecule is CC1CNCCN1Cc1coc(-c2ccccc2)n1.Cl. The summed E-state index contributed by atoms with van der Waals surface area (Å²) in [6.45, 7) is 6.26. The van der Waals surface area contributed by atoms with Gasteiger partial charge in [-0.05, 0) is 19.1 Å². The van der Waals surface area contributed by atoms with Gasteiger partial charge in [-0.15, -0.1) is 12.4 Å². The fraction of sp³-hybridized carbons (Fsp3) is 0.400. The van der Waals surface area contributed by atoms with Crippen LogP contribution in [-0.2, 0) is 6.54 Å². The van der Waals surface area contributed by atoms with Crippen molar-refractivity contribution in [1.29, 1.82) is 0 Å². The molecule has 1 saturated heterocycles. The lowest BCUT2D eigenvalue weighted by molar-refractivity contribution is 0.163. The van der Waals surface area contributed by atoms with Crippen LogP contribution >= 0.6 is 12.4 Å². The number of aromatic nitrogens is 1. The molecule has 1 aromatic carbocycles. The highest BCUT2D eigenvalue weighted by atomic mass is 35.5. The second-order valence-electron chi connectivity index (χ2n) is 5.03. The highest BCUT2D eigenvalue weighted by molar-refractivity contribution is 5.85. The molecule has 1 aromatic heterocycles. The summed E-state index contributed by atoms with van der Waals surface area (Å²) in [7, 11) is 0. The zero-order valence-electron chi connectivity index (χ0n) is 11.6. The Hall–Kier alpha value is -1.36. The molecule has 1 N–H and O–H groups in total. The van der Waals surface area contributed by atoms with E-state index in [4.69, 9.17) is 4.42 Å². The topological polar surface area (TPSA) is 41.3 Å². The molecule has 0 bridgehead atoms. The van der Waals surface area contributed by atoms with E-state index in [-0.39, 0.29) is 12.4 Å². The van der Waals surface area contributed by atoms with Gasteiger partial charge in [0.1, 0.15) is 6.26 Å². The minimum Gasteiger partial charge on any atom is -0.444 e. The molecule has 20 heavy (non-hydrogen) atoms. The highest BCUT2D eigenvalue weighted by Gasteiger charge is 2.19. The van der Waals surface area contributed by atoms with Crippen LogP contribution in [0.3, 0.4) is 0 Å². The van der Waals surface area contributed by atoms with Crippen LogP contribution in [-0.4, -0.2) is 35.6 Å². The van der Waals surface area contributed by atoms with Gasteiger partial charge in [-0.3, -0.25) is 4.90 Å². The Bertz CT molecular complexity index is 529. The number of oxazole rings is 1. The molecular weight excluding hydrogens is 274 g/mol. The van der Waals surface area contributed by atoms with Crippen molar-refractivity contribution in [3.63, 3.8) is 0 Å².